The second-order valence-electron chi connectivity index (χ2n) is 4.54. The zero-order valence-corrected chi connectivity index (χ0v) is 8.83. The van der Waals surface area contributed by atoms with Gasteiger partial charge in [-0.05, 0) is 24.8 Å². The molecule has 2 rings (SSSR count). The molecule has 0 aliphatic heterocycles. The van der Waals surface area contributed by atoms with E-state index in [0.717, 1.165) is 25.1 Å². The van der Waals surface area contributed by atoms with Crippen molar-refractivity contribution in [3.8, 4) is 12.3 Å². The smallest absolute Gasteiger partial charge is 0.0805 e. The van der Waals surface area contributed by atoms with Gasteiger partial charge in [-0.1, -0.05) is 19.8 Å². The second-order valence-corrected chi connectivity index (χ2v) is 4.54. The van der Waals surface area contributed by atoms with Crippen LogP contribution in [-0.2, 0) is 12.0 Å². The largest absolute Gasteiger partial charge is 0.272 e. The highest BCUT2D eigenvalue weighted by Gasteiger charge is 2.44. The first kappa shape index (κ1) is 9.33. The molecule has 0 amide bonds. The highest BCUT2D eigenvalue weighted by Crippen LogP contribution is 2.46. The van der Waals surface area contributed by atoms with E-state index in [9.17, 15) is 0 Å². The molecule has 1 aliphatic rings. The summed E-state index contributed by atoms with van der Waals surface area (Å²) in [4.78, 5) is 0. The van der Waals surface area contributed by atoms with Crippen LogP contribution in [0.15, 0.2) is 12.3 Å². The fourth-order valence-corrected chi connectivity index (χ4v) is 1.69. The second kappa shape index (κ2) is 3.16. The van der Waals surface area contributed by atoms with E-state index in [4.69, 9.17) is 6.42 Å². The average Bonchev–Trinajstić information content (AvgIpc) is 2.81. The molecule has 0 bridgehead atoms. The minimum Gasteiger partial charge on any atom is -0.272 e. The van der Waals surface area contributed by atoms with Crippen LogP contribution in [0.25, 0.3) is 0 Å². The van der Waals surface area contributed by atoms with Gasteiger partial charge in [0.2, 0.25) is 0 Å². The molecule has 1 heterocycles. The Morgan fingerprint density at radius 3 is 2.86 bits per heavy atom. The molecule has 0 spiro atoms. The van der Waals surface area contributed by atoms with Crippen molar-refractivity contribution >= 4 is 0 Å². The molecule has 1 saturated carbocycles. The normalized spacial score (nSPS) is 18.1. The minimum absolute atomic E-state index is 0.0117. The number of terminal acetylenes is 1. The van der Waals surface area contributed by atoms with Gasteiger partial charge in [-0.15, -0.1) is 6.42 Å². The third-order valence-corrected chi connectivity index (χ3v) is 2.71. The molecule has 0 N–H and O–H groups in total. The summed E-state index contributed by atoms with van der Waals surface area (Å²) in [5.74, 6) is 3.49. The van der Waals surface area contributed by atoms with Crippen molar-refractivity contribution in [2.24, 2.45) is 5.92 Å². The predicted octanol–water partition coefficient (Wildman–Crippen LogP) is 2.20. The average molecular weight is 188 g/mol. The number of aromatic nitrogens is 2. The van der Waals surface area contributed by atoms with Crippen molar-refractivity contribution in [2.75, 3.05) is 0 Å². The van der Waals surface area contributed by atoms with Crippen molar-refractivity contribution in [2.45, 2.75) is 38.6 Å². The van der Waals surface area contributed by atoms with Gasteiger partial charge in [-0.25, -0.2) is 0 Å². The molecule has 0 radical (unpaired) electrons. The number of nitrogens with zero attached hydrogens (tertiary/aromatic N) is 2. The fraction of sp³-hybridized carbons (Fsp3) is 0.583. The Kier molecular flexibility index (Phi) is 2.11. The SMILES string of the molecule is C#CC1(c2ccn(CC(C)C)n2)CC1. The zero-order valence-electron chi connectivity index (χ0n) is 8.83. The van der Waals surface area contributed by atoms with E-state index in [-0.39, 0.29) is 5.41 Å². The molecule has 2 heteroatoms. The molecule has 0 aromatic carbocycles. The summed E-state index contributed by atoms with van der Waals surface area (Å²) < 4.78 is 2.00. The molecule has 1 aliphatic carbocycles. The highest BCUT2D eigenvalue weighted by molar-refractivity contribution is 5.35. The van der Waals surface area contributed by atoms with E-state index in [1.807, 2.05) is 10.9 Å². The van der Waals surface area contributed by atoms with Crippen LogP contribution >= 0.6 is 0 Å². The zero-order chi connectivity index (χ0) is 10.2. The van der Waals surface area contributed by atoms with Gasteiger partial charge in [0.15, 0.2) is 0 Å². The van der Waals surface area contributed by atoms with Crippen molar-refractivity contribution in [3.05, 3.63) is 18.0 Å². The lowest BCUT2D eigenvalue weighted by Gasteiger charge is -2.05. The van der Waals surface area contributed by atoms with Crippen LogP contribution in [0.4, 0.5) is 0 Å². The van der Waals surface area contributed by atoms with Gasteiger partial charge in [-0.3, -0.25) is 4.68 Å². The first-order valence-electron chi connectivity index (χ1n) is 5.18. The van der Waals surface area contributed by atoms with Gasteiger partial charge in [0.25, 0.3) is 0 Å². The van der Waals surface area contributed by atoms with E-state index < -0.39 is 0 Å². The molecule has 0 atom stereocenters. The third kappa shape index (κ3) is 1.55. The monoisotopic (exact) mass is 188 g/mol. The summed E-state index contributed by atoms with van der Waals surface area (Å²) in [6, 6.07) is 2.06. The lowest BCUT2D eigenvalue weighted by Crippen LogP contribution is -2.08. The van der Waals surface area contributed by atoms with Crippen molar-refractivity contribution < 1.29 is 0 Å². The Balaban J connectivity index is 2.15. The van der Waals surface area contributed by atoms with Crippen LogP contribution in [0, 0.1) is 18.3 Å². The summed E-state index contributed by atoms with van der Waals surface area (Å²) in [5.41, 5.74) is 1.07. The first-order valence-corrected chi connectivity index (χ1v) is 5.18. The molecule has 1 aromatic rings. The summed E-state index contributed by atoms with van der Waals surface area (Å²) in [6.45, 7) is 5.35. The topological polar surface area (TPSA) is 17.8 Å². The van der Waals surface area contributed by atoms with E-state index in [2.05, 4.69) is 30.9 Å². The molecule has 0 saturated heterocycles. The van der Waals surface area contributed by atoms with Crippen molar-refractivity contribution in [1.82, 2.24) is 9.78 Å². The highest BCUT2D eigenvalue weighted by atomic mass is 15.3. The Labute approximate surface area is 85.3 Å². The molecular formula is C12H16N2. The molecule has 1 fully saturated rings. The van der Waals surface area contributed by atoms with Gasteiger partial charge in [0.05, 0.1) is 11.1 Å². The Morgan fingerprint density at radius 1 is 1.64 bits per heavy atom. The molecule has 0 unspecified atom stereocenters. The van der Waals surface area contributed by atoms with Crippen LogP contribution in [0.1, 0.15) is 32.4 Å². The van der Waals surface area contributed by atoms with Crippen LogP contribution < -0.4 is 0 Å². The maximum Gasteiger partial charge on any atom is 0.0805 e. The lowest BCUT2D eigenvalue weighted by atomic mass is 10.1. The molecule has 74 valence electrons. The Hall–Kier alpha value is -1.23. The number of rotatable bonds is 3. The minimum atomic E-state index is -0.0117. The maximum absolute atomic E-state index is 5.51. The summed E-state index contributed by atoms with van der Waals surface area (Å²) >= 11 is 0. The Morgan fingerprint density at radius 2 is 2.36 bits per heavy atom. The maximum atomic E-state index is 5.51. The van der Waals surface area contributed by atoms with E-state index in [0.29, 0.717) is 5.92 Å². The molecule has 1 aromatic heterocycles. The summed E-state index contributed by atoms with van der Waals surface area (Å²) in [5, 5.41) is 4.53. The Bertz CT molecular complexity index is 364. The van der Waals surface area contributed by atoms with Crippen LogP contribution in [0.2, 0.25) is 0 Å². The van der Waals surface area contributed by atoms with Crippen molar-refractivity contribution in [3.63, 3.8) is 0 Å². The van der Waals surface area contributed by atoms with Gasteiger partial charge >= 0.3 is 0 Å². The van der Waals surface area contributed by atoms with Gasteiger partial charge in [-0.2, -0.15) is 5.10 Å². The van der Waals surface area contributed by atoms with Crippen LogP contribution in [0.5, 0.6) is 0 Å². The predicted molar refractivity (Wildman–Crippen MR) is 56.8 cm³/mol. The lowest BCUT2D eigenvalue weighted by molar-refractivity contribution is 0.478. The van der Waals surface area contributed by atoms with Gasteiger partial charge in [0.1, 0.15) is 0 Å². The van der Waals surface area contributed by atoms with Crippen molar-refractivity contribution in [1.29, 1.82) is 0 Å². The molecular weight excluding hydrogens is 172 g/mol. The standard InChI is InChI=1S/C12H16N2/c1-4-12(6-7-12)11-5-8-14(13-11)9-10(2)3/h1,5,8,10H,6-7,9H2,2-3H3. The van der Waals surface area contributed by atoms with Gasteiger partial charge < -0.3 is 0 Å². The van der Waals surface area contributed by atoms with E-state index >= 15 is 0 Å². The number of hydrogen-bond donors (Lipinski definition) is 0. The molecule has 2 nitrogen and oxygen atoms in total. The summed E-state index contributed by atoms with van der Waals surface area (Å²) in [7, 11) is 0. The number of hydrogen-bond acceptors (Lipinski definition) is 1. The molecule has 14 heavy (non-hydrogen) atoms. The van der Waals surface area contributed by atoms with Crippen LogP contribution in [-0.4, -0.2) is 9.78 Å². The van der Waals surface area contributed by atoms with E-state index in [1.165, 1.54) is 0 Å². The first-order chi connectivity index (χ1) is 6.66. The quantitative estimate of drug-likeness (QED) is 0.665. The van der Waals surface area contributed by atoms with E-state index in [1.54, 1.807) is 0 Å². The third-order valence-electron chi connectivity index (χ3n) is 2.71. The van der Waals surface area contributed by atoms with Crippen LogP contribution in [0.3, 0.4) is 0 Å². The summed E-state index contributed by atoms with van der Waals surface area (Å²) in [6.07, 6.45) is 9.75. The fourth-order valence-electron chi connectivity index (χ4n) is 1.69. The van der Waals surface area contributed by atoms with Gasteiger partial charge in [0, 0.05) is 12.7 Å².